The van der Waals surface area contributed by atoms with Crippen LogP contribution in [0.2, 0.25) is 0 Å². The highest BCUT2D eigenvalue weighted by molar-refractivity contribution is 7.13. The van der Waals surface area contributed by atoms with Gasteiger partial charge in [-0.25, -0.2) is 9.37 Å². The molecule has 5 heteroatoms. The van der Waals surface area contributed by atoms with Crippen molar-refractivity contribution in [3.8, 4) is 0 Å². The zero-order chi connectivity index (χ0) is 14.8. The molecule has 0 aliphatic rings. The Morgan fingerprint density at radius 3 is 2.71 bits per heavy atom. The molecule has 3 nitrogen and oxygen atoms in total. The van der Waals surface area contributed by atoms with Crippen LogP contribution in [0.1, 0.15) is 16.8 Å². The molecule has 108 valence electrons. The minimum atomic E-state index is -0.200. The highest BCUT2D eigenvalue weighted by atomic mass is 32.1. The lowest BCUT2D eigenvalue weighted by atomic mass is 10.1. The van der Waals surface area contributed by atoms with Gasteiger partial charge in [0.05, 0.1) is 5.39 Å². The molecule has 0 spiro atoms. The molecular formula is C16H16FN3S. The van der Waals surface area contributed by atoms with E-state index in [4.69, 9.17) is 0 Å². The Hall–Kier alpha value is -2.01. The SMILES string of the molecule is Cc1cc(C)c2c(NCCc3ccc(F)cc3)nsc2n1. The second kappa shape index (κ2) is 5.77. The van der Waals surface area contributed by atoms with E-state index >= 15 is 0 Å². The Labute approximate surface area is 127 Å². The van der Waals surface area contributed by atoms with Gasteiger partial charge in [0.25, 0.3) is 0 Å². The number of pyridine rings is 1. The summed E-state index contributed by atoms with van der Waals surface area (Å²) in [7, 11) is 0. The van der Waals surface area contributed by atoms with Gasteiger partial charge in [0.15, 0.2) is 0 Å². The number of aryl methyl sites for hydroxylation is 2. The van der Waals surface area contributed by atoms with Gasteiger partial charge in [0.2, 0.25) is 0 Å². The molecule has 3 aromatic rings. The quantitative estimate of drug-likeness (QED) is 0.788. The zero-order valence-corrected chi connectivity index (χ0v) is 12.8. The fourth-order valence-corrected chi connectivity index (χ4v) is 3.26. The lowest BCUT2D eigenvalue weighted by Crippen LogP contribution is -2.05. The molecule has 0 saturated carbocycles. The van der Waals surface area contributed by atoms with Crippen molar-refractivity contribution in [3.05, 3.63) is 53.0 Å². The number of fused-ring (bicyclic) bond motifs is 1. The average Bonchev–Trinajstić information content (AvgIpc) is 2.84. The van der Waals surface area contributed by atoms with Crippen LogP contribution in [-0.4, -0.2) is 15.9 Å². The highest BCUT2D eigenvalue weighted by Crippen LogP contribution is 2.28. The third kappa shape index (κ3) is 3.03. The number of halogens is 1. The molecule has 0 bridgehead atoms. The maximum atomic E-state index is 12.9. The van der Waals surface area contributed by atoms with Crippen molar-refractivity contribution in [2.24, 2.45) is 0 Å². The number of aromatic nitrogens is 2. The molecule has 0 fully saturated rings. The molecule has 21 heavy (non-hydrogen) atoms. The largest absolute Gasteiger partial charge is 0.368 e. The van der Waals surface area contributed by atoms with Gasteiger partial charge < -0.3 is 5.32 Å². The molecule has 2 aromatic heterocycles. The van der Waals surface area contributed by atoms with E-state index in [1.807, 2.05) is 19.1 Å². The molecule has 1 N–H and O–H groups in total. The van der Waals surface area contributed by atoms with E-state index in [9.17, 15) is 4.39 Å². The molecule has 0 aliphatic carbocycles. The van der Waals surface area contributed by atoms with Crippen molar-refractivity contribution in [3.63, 3.8) is 0 Å². The number of benzene rings is 1. The van der Waals surface area contributed by atoms with Gasteiger partial charge in [-0.3, -0.25) is 0 Å². The molecule has 0 amide bonds. The van der Waals surface area contributed by atoms with Gasteiger partial charge in [0, 0.05) is 12.2 Å². The second-order valence-corrected chi connectivity index (χ2v) is 5.85. The monoisotopic (exact) mass is 301 g/mol. The molecular weight excluding hydrogens is 285 g/mol. The summed E-state index contributed by atoms with van der Waals surface area (Å²) in [5, 5.41) is 4.46. The summed E-state index contributed by atoms with van der Waals surface area (Å²) < 4.78 is 17.3. The molecule has 1 aromatic carbocycles. The fraction of sp³-hybridized carbons (Fsp3) is 0.250. The van der Waals surface area contributed by atoms with Crippen LogP contribution in [0.3, 0.4) is 0 Å². The summed E-state index contributed by atoms with van der Waals surface area (Å²) >= 11 is 1.42. The Kier molecular flexibility index (Phi) is 3.84. The summed E-state index contributed by atoms with van der Waals surface area (Å²) in [6.07, 6.45) is 0.831. The Bertz CT molecular complexity index is 765. The van der Waals surface area contributed by atoms with Crippen LogP contribution in [0.4, 0.5) is 10.2 Å². The van der Waals surface area contributed by atoms with Gasteiger partial charge in [0.1, 0.15) is 16.5 Å². The molecule has 3 rings (SSSR count). The number of nitrogens with zero attached hydrogens (tertiary/aromatic N) is 2. The summed E-state index contributed by atoms with van der Waals surface area (Å²) in [4.78, 5) is 5.48. The summed E-state index contributed by atoms with van der Waals surface area (Å²) in [6, 6.07) is 8.68. The van der Waals surface area contributed by atoms with E-state index in [0.717, 1.165) is 40.3 Å². The molecule has 0 aliphatic heterocycles. The van der Waals surface area contributed by atoms with Crippen molar-refractivity contribution >= 4 is 27.6 Å². The minimum Gasteiger partial charge on any atom is -0.368 e. The summed E-state index contributed by atoms with van der Waals surface area (Å²) in [6.45, 7) is 4.84. The van der Waals surface area contributed by atoms with Gasteiger partial charge in [-0.1, -0.05) is 12.1 Å². The summed E-state index contributed by atoms with van der Waals surface area (Å²) in [5.74, 6) is 0.691. The highest BCUT2D eigenvalue weighted by Gasteiger charge is 2.10. The van der Waals surface area contributed by atoms with E-state index in [-0.39, 0.29) is 5.82 Å². The van der Waals surface area contributed by atoms with Crippen LogP contribution < -0.4 is 5.32 Å². The number of nitrogens with one attached hydrogen (secondary N) is 1. The standard InChI is InChI=1S/C16H16FN3S/c1-10-9-11(2)19-16-14(10)15(20-21-16)18-8-7-12-3-5-13(17)6-4-12/h3-6,9H,7-8H2,1-2H3,(H,18,20). The van der Waals surface area contributed by atoms with Crippen LogP contribution in [0.25, 0.3) is 10.2 Å². The van der Waals surface area contributed by atoms with Crippen molar-refractivity contribution in [2.75, 3.05) is 11.9 Å². The van der Waals surface area contributed by atoms with Crippen LogP contribution in [0.15, 0.2) is 30.3 Å². The Balaban J connectivity index is 1.72. The van der Waals surface area contributed by atoms with Crippen molar-refractivity contribution < 1.29 is 4.39 Å². The van der Waals surface area contributed by atoms with Crippen LogP contribution in [0.5, 0.6) is 0 Å². The Morgan fingerprint density at radius 2 is 1.95 bits per heavy atom. The van der Waals surface area contributed by atoms with Gasteiger partial charge in [-0.2, -0.15) is 4.37 Å². The van der Waals surface area contributed by atoms with Gasteiger partial charge >= 0.3 is 0 Å². The van der Waals surface area contributed by atoms with Crippen molar-refractivity contribution in [1.82, 2.24) is 9.36 Å². The maximum Gasteiger partial charge on any atom is 0.149 e. The number of hydrogen-bond acceptors (Lipinski definition) is 4. The molecule has 2 heterocycles. The normalized spacial score (nSPS) is 11.0. The number of rotatable bonds is 4. The smallest absolute Gasteiger partial charge is 0.149 e. The van der Waals surface area contributed by atoms with Crippen LogP contribution >= 0.6 is 11.5 Å². The third-order valence-electron chi connectivity index (χ3n) is 3.39. The van der Waals surface area contributed by atoms with E-state index in [1.165, 1.54) is 29.2 Å². The van der Waals surface area contributed by atoms with Gasteiger partial charge in [-0.05, 0) is 61.1 Å². The zero-order valence-electron chi connectivity index (χ0n) is 12.0. The van der Waals surface area contributed by atoms with Crippen molar-refractivity contribution in [1.29, 1.82) is 0 Å². The van der Waals surface area contributed by atoms with Crippen LogP contribution in [0, 0.1) is 19.7 Å². The second-order valence-electron chi connectivity index (χ2n) is 5.10. The number of hydrogen-bond donors (Lipinski definition) is 1. The first-order valence-electron chi connectivity index (χ1n) is 6.85. The molecule has 0 saturated heterocycles. The third-order valence-corrected chi connectivity index (χ3v) is 4.13. The Morgan fingerprint density at radius 1 is 1.19 bits per heavy atom. The number of anilines is 1. The predicted molar refractivity (Wildman–Crippen MR) is 85.5 cm³/mol. The first-order chi connectivity index (χ1) is 10.1. The topological polar surface area (TPSA) is 37.8 Å². The van der Waals surface area contributed by atoms with E-state index in [0.29, 0.717) is 0 Å². The molecule has 0 radical (unpaired) electrons. The van der Waals surface area contributed by atoms with E-state index < -0.39 is 0 Å². The predicted octanol–water partition coefficient (Wildman–Crippen LogP) is 4.10. The van der Waals surface area contributed by atoms with Gasteiger partial charge in [-0.15, -0.1) is 0 Å². The van der Waals surface area contributed by atoms with Crippen LogP contribution in [-0.2, 0) is 6.42 Å². The minimum absolute atomic E-state index is 0.200. The first kappa shape index (κ1) is 13.9. The average molecular weight is 301 g/mol. The van der Waals surface area contributed by atoms with E-state index in [2.05, 4.69) is 27.7 Å². The first-order valence-corrected chi connectivity index (χ1v) is 7.63. The molecule has 0 atom stereocenters. The van der Waals surface area contributed by atoms with Crippen molar-refractivity contribution in [2.45, 2.75) is 20.3 Å². The fourth-order valence-electron chi connectivity index (χ4n) is 2.39. The molecule has 0 unspecified atom stereocenters. The lowest BCUT2D eigenvalue weighted by molar-refractivity contribution is 0.627. The lowest BCUT2D eigenvalue weighted by Gasteiger charge is -2.06. The maximum absolute atomic E-state index is 12.9. The van der Waals surface area contributed by atoms with E-state index in [1.54, 1.807) is 0 Å². The summed E-state index contributed by atoms with van der Waals surface area (Å²) in [5.41, 5.74) is 3.31.